The quantitative estimate of drug-likeness (QED) is 0.758. The molecule has 4 rings (SSSR count). The highest BCUT2D eigenvalue weighted by atomic mass is 16.2. The molecule has 2 unspecified atom stereocenters. The van der Waals surface area contributed by atoms with Crippen molar-refractivity contribution in [3.8, 4) is 0 Å². The number of imide groups is 1. The van der Waals surface area contributed by atoms with Gasteiger partial charge in [0.25, 0.3) is 5.91 Å². The van der Waals surface area contributed by atoms with Gasteiger partial charge in [-0.1, -0.05) is 23.8 Å². The van der Waals surface area contributed by atoms with Crippen LogP contribution in [0.1, 0.15) is 25.0 Å². The topological polar surface area (TPSA) is 59.5 Å². The minimum absolute atomic E-state index is 0.191. The van der Waals surface area contributed by atoms with Crippen LogP contribution in [0.15, 0.2) is 47.2 Å². The van der Waals surface area contributed by atoms with Crippen molar-refractivity contribution in [3.63, 3.8) is 0 Å². The lowest BCUT2D eigenvalue weighted by Gasteiger charge is -2.40. The lowest BCUT2D eigenvalue weighted by Crippen LogP contribution is -2.64. The van der Waals surface area contributed by atoms with E-state index in [1.165, 1.54) is 10.5 Å². The summed E-state index contributed by atoms with van der Waals surface area (Å²) in [5.74, 6) is 0.465. The number of aliphatic imine (C=N–C) groups is 1. The van der Waals surface area contributed by atoms with Gasteiger partial charge in [-0.15, -0.1) is 6.58 Å². The molecular weight excluding hydrogens is 354 g/mol. The fourth-order valence-corrected chi connectivity index (χ4v) is 4.25. The Kier molecular flexibility index (Phi) is 4.06. The van der Waals surface area contributed by atoms with Crippen molar-refractivity contribution in [1.29, 1.82) is 0 Å². The van der Waals surface area contributed by atoms with Crippen LogP contribution in [0.3, 0.4) is 0 Å². The Hall–Kier alpha value is -3.09. The Morgan fingerprint density at radius 1 is 1.14 bits per heavy atom. The number of rotatable bonds is 3. The molecule has 0 radical (unpaired) electrons. The summed E-state index contributed by atoms with van der Waals surface area (Å²) in [6.07, 6.45) is 1.04. The van der Waals surface area contributed by atoms with Crippen molar-refractivity contribution in [3.05, 3.63) is 53.4 Å². The van der Waals surface area contributed by atoms with Gasteiger partial charge in [0, 0.05) is 25.0 Å². The van der Waals surface area contributed by atoms with E-state index in [0.29, 0.717) is 5.96 Å². The molecule has 1 saturated heterocycles. The van der Waals surface area contributed by atoms with Gasteiger partial charge in [0.15, 0.2) is 12.2 Å². The van der Waals surface area contributed by atoms with Crippen molar-refractivity contribution in [2.24, 2.45) is 4.99 Å². The van der Waals surface area contributed by atoms with Crippen LogP contribution >= 0.6 is 0 Å². The number of nitrogens with zero attached hydrogens (tertiary/aromatic N) is 5. The number of benzene rings is 1. The molecule has 28 heavy (non-hydrogen) atoms. The summed E-state index contributed by atoms with van der Waals surface area (Å²) in [6, 6.07) is 5.39. The summed E-state index contributed by atoms with van der Waals surface area (Å²) in [7, 11) is 1.70. The van der Waals surface area contributed by atoms with Crippen LogP contribution in [-0.2, 0) is 4.79 Å². The van der Waals surface area contributed by atoms with Crippen LogP contribution in [0, 0.1) is 13.8 Å². The number of fused-ring (bicyclic) bond motifs is 3. The Morgan fingerprint density at radius 3 is 2.50 bits per heavy atom. The van der Waals surface area contributed by atoms with Crippen molar-refractivity contribution < 1.29 is 9.59 Å². The Balaban J connectivity index is 1.81. The third kappa shape index (κ3) is 2.32. The second-order valence-corrected chi connectivity index (χ2v) is 7.58. The first-order valence-electron chi connectivity index (χ1n) is 9.39. The first kappa shape index (κ1) is 18.3. The summed E-state index contributed by atoms with van der Waals surface area (Å²) in [5.41, 5.74) is 5.37. The second kappa shape index (κ2) is 6.22. The zero-order chi connectivity index (χ0) is 20.3. The number of anilines is 1. The summed E-state index contributed by atoms with van der Waals surface area (Å²) >= 11 is 0. The molecule has 2 atom stereocenters. The van der Waals surface area contributed by atoms with E-state index < -0.39 is 12.2 Å². The van der Waals surface area contributed by atoms with E-state index in [4.69, 9.17) is 4.99 Å². The lowest BCUT2D eigenvalue weighted by molar-refractivity contribution is -0.136. The third-order valence-electron chi connectivity index (χ3n) is 5.80. The molecule has 0 N–H and O–H groups in total. The highest BCUT2D eigenvalue weighted by Crippen LogP contribution is 2.40. The molecule has 7 heteroatoms. The molecule has 0 aromatic heterocycles. The third-order valence-corrected chi connectivity index (χ3v) is 5.80. The predicted molar refractivity (Wildman–Crippen MR) is 109 cm³/mol. The zero-order valence-corrected chi connectivity index (χ0v) is 16.9. The van der Waals surface area contributed by atoms with Crippen molar-refractivity contribution >= 4 is 23.6 Å². The van der Waals surface area contributed by atoms with Crippen LogP contribution in [0.4, 0.5) is 10.5 Å². The minimum Gasteiger partial charge on any atom is -0.302 e. The second-order valence-electron chi connectivity index (χ2n) is 7.58. The van der Waals surface area contributed by atoms with E-state index >= 15 is 0 Å². The number of amides is 3. The fourth-order valence-electron chi connectivity index (χ4n) is 4.25. The lowest BCUT2D eigenvalue weighted by atomic mass is 10.1. The number of urea groups is 1. The van der Waals surface area contributed by atoms with Gasteiger partial charge in [0.1, 0.15) is 0 Å². The van der Waals surface area contributed by atoms with Gasteiger partial charge in [-0.3, -0.25) is 19.5 Å². The smallest absolute Gasteiger partial charge is 0.302 e. The predicted octanol–water partition coefficient (Wildman–Crippen LogP) is 2.82. The molecule has 146 valence electrons. The maximum atomic E-state index is 13.2. The summed E-state index contributed by atoms with van der Waals surface area (Å²) in [5, 5.41) is 0. The number of hydrogen-bond acceptors (Lipinski definition) is 5. The first-order valence-corrected chi connectivity index (χ1v) is 9.39. The van der Waals surface area contributed by atoms with Gasteiger partial charge < -0.3 is 4.90 Å². The molecule has 3 amide bonds. The molecule has 3 aliphatic heterocycles. The van der Waals surface area contributed by atoms with Crippen LogP contribution in [0.25, 0.3) is 0 Å². The van der Waals surface area contributed by atoms with Gasteiger partial charge in [-0.25, -0.2) is 9.79 Å². The van der Waals surface area contributed by atoms with Gasteiger partial charge in [-0.05, 0) is 39.3 Å². The van der Waals surface area contributed by atoms with E-state index in [1.54, 1.807) is 18.0 Å². The van der Waals surface area contributed by atoms with E-state index in [0.717, 1.165) is 22.6 Å². The number of likely N-dealkylation sites (N-methyl/N-ethyl adjacent to an activating group) is 1. The molecule has 1 fully saturated rings. The Labute approximate surface area is 165 Å². The number of allylic oxidation sites excluding steroid dienone is 2. The van der Waals surface area contributed by atoms with Crippen molar-refractivity contribution in [2.75, 3.05) is 18.5 Å². The molecule has 3 aliphatic rings. The van der Waals surface area contributed by atoms with E-state index in [1.807, 2.05) is 18.7 Å². The molecule has 1 aromatic rings. The molecule has 0 spiro atoms. The monoisotopic (exact) mass is 379 g/mol. The Morgan fingerprint density at radius 2 is 1.86 bits per heavy atom. The fraction of sp³-hybridized carbons (Fsp3) is 0.381. The number of guanidine groups is 1. The van der Waals surface area contributed by atoms with Crippen LogP contribution in [0.2, 0.25) is 0 Å². The van der Waals surface area contributed by atoms with Gasteiger partial charge in [0.2, 0.25) is 5.96 Å². The van der Waals surface area contributed by atoms with Crippen molar-refractivity contribution in [1.82, 2.24) is 14.7 Å². The van der Waals surface area contributed by atoms with Gasteiger partial charge in [0.05, 0.1) is 5.69 Å². The van der Waals surface area contributed by atoms with Gasteiger partial charge in [-0.2, -0.15) is 0 Å². The highest BCUT2D eigenvalue weighted by molar-refractivity contribution is 6.10. The SMILES string of the molecule is C=CCN1C(=O)C2C(N=C3N(c4ccc(C)cc4C)C(C)=C(C)N32)N(C)C1=O. The normalized spacial score (nSPS) is 24.1. The minimum atomic E-state index is -0.552. The van der Waals surface area contributed by atoms with Crippen molar-refractivity contribution in [2.45, 2.75) is 39.9 Å². The number of aryl methyl sites for hydroxylation is 2. The largest absolute Gasteiger partial charge is 0.328 e. The van der Waals surface area contributed by atoms with Crippen LogP contribution in [0.5, 0.6) is 0 Å². The molecule has 0 bridgehead atoms. The van der Waals surface area contributed by atoms with E-state index in [-0.39, 0.29) is 18.5 Å². The molecule has 0 aliphatic carbocycles. The number of carbonyl (C=O) groups is 2. The maximum absolute atomic E-state index is 13.2. The van der Waals surface area contributed by atoms with E-state index in [2.05, 4.69) is 43.5 Å². The maximum Gasteiger partial charge on any atom is 0.328 e. The highest BCUT2D eigenvalue weighted by Gasteiger charge is 2.55. The van der Waals surface area contributed by atoms with Crippen LogP contribution in [-0.4, -0.2) is 58.4 Å². The van der Waals surface area contributed by atoms with Gasteiger partial charge >= 0.3 is 6.03 Å². The molecule has 0 saturated carbocycles. The molecule has 7 nitrogen and oxygen atoms in total. The number of carbonyl (C=O) groups excluding carboxylic acids is 2. The summed E-state index contributed by atoms with van der Waals surface area (Å²) in [4.78, 5) is 37.5. The summed E-state index contributed by atoms with van der Waals surface area (Å²) in [6.45, 7) is 12.0. The molecule has 1 aromatic carbocycles. The average molecular weight is 379 g/mol. The summed E-state index contributed by atoms with van der Waals surface area (Å²) < 4.78 is 0. The number of hydrogen-bond donors (Lipinski definition) is 0. The standard InChI is InChI=1S/C21H25N5O2/c1-7-10-24-19(27)17-18(23(6)21(24)28)22-20-25(14(4)15(5)26(17)20)16-9-8-12(2)11-13(16)3/h7-9,11,17-18H,1,10H2,2-6H3. The van der Waals surface area contributed by atoms with Crippen LogP contribution < -0.4 is 4.90 Å². The zero-order valence-electron chi connectivity index (χ0n) is 16.9. The molecule has 3 heterocycles. The molecular formula is C21H25N5O2. The Bertz CT molecular complexity index is 964. The first-order chi connectivity index (χ1) is 13.3. The van der Waals surface area contributed by atoms with E-state index in [9.17, 15) is 9.59 Å². The average Bonchev–Trinajstić information content (AvgIpc) is 3.14.